The first-order valence-electron chi connectivity index (χ1n) is 6.66. The maximum atomic E-state index is 11.8. The molecular formula is C15H20ClNO5. The van der Waals surface area contributed by atoms with Gasteiger partial charge in [0.25, 0.3) is 0 Å². The maximum Gasteiger partial charge on any atom is 0.412 e. The molecule has 1 amide bonds. The molecule has 0 aromatic heterocycles. The lowest BCUT2D eigenvalue weighted by Crippen LogP contribution is -2.27. The van der Waals surface area contributed by atoms with Crippen molar-refractivity contribution in [1.29, 1.82) is 0 Å². The molecule has 7 heteroatoms. The van der Waals surface area contributed by atoms with Gasteiger partial charge >= 0.3 is 12.1 Å². The number of methoxy groups -OCH3 is 1. The van der Waals surface area contributed by atoms with Gasteiger partial charge in [0.2, 0.25) is 0 Å². The molecule has 22 heavy (non-hydrogen) atoms. The van der Waals surface area contributed by atoms with Gasteiger partial charge in [0.05, 0.1) is 25.3 Å². The van der Waals surface area contributed by atoms with Gasteiger partial charge in [-0.1, -0.05) is 17.7 Å². The molecule has 1 atom stereocenters. The number of benzene rings is 1. The Bertz CT molecular complexity index is 553. The average molecular weight is 330 g/mol. The van der Waals surface area contributed by atoms with Crippen molar-refractivity contribution in [3.63, 3.8) is 0 Å². The lowest BCUT2D eigenvalue weighted by molar-refractivity contribution is -0.142. The van der Waals surface area contributed by atoms with Crippen LogP contribution < -0.4 is 5.32 Å². The Labute approximate surface area is 134 Å². The molecule has 0 heterocycles. The molecule has 1 aromatic carbocycles. The lowest BCUT2D eigenvalue weighted by Gasteiger charge is -2.21. The molecular weight excluding hydrogens is 310 g/mol. The van der Waals surface area contributed by atoms with Gasteiger partial charge in [0.15, 0.2) is 0 Å². The zero-order chi connectivity index (χ0) is 16.9. The number of ether oxygens (including phenoxy) is 2. The van der Waals surface area contributed by atoms with Crippen LogP contribution in [0.4, 0.5) is 10.5 Å². The highest BCUT2D eigenvalue weighted by Gasteiger charge is 2.21. The molecule has 122 valence electrons. The summed E-state index contributed by atoms with van der Waals surface area (Å²) in [7, 11) is 1.23. The number of rotatable bonds is 4. The fourth-order valence-electron chi connectivity index (χ4n) is 1.69. The predicted molar refractivity (Wildman–Crippen MR) is 82.9 cm³/mol. The molecule has 0 aliphatic carbocycles. The van der Waals surface area contributed by atoms with Crippen LogP contribution in [0.25, 0.3) is 0 Å². The highest BCUT2D eigenvalue weighted by Crippen LogP contribution is 2.29. The minimum atomic E-state index is -1.13. The van der Waals surface area contributed by atoms with Crippen molar-refractivity contribution in [2.75, 3.05) is 12.4 Å². The number of hydrogen-bond donors (Lipinski definition) is 2. The second kappa shape index (κ2) is 7.47. The lowest BCUT2D eigenvalue weighted by atomic mass is 10.0. The normalized spacial score (nSPS) is 12.5. The van der Waals surface area contributed by atoms with Gasteiger partial charge in [-0.15, -0.1) is 0 Å². The first-order chi connectivity index (χ1) is 10.1. The van der Waals surface area contributed by atoms with Crippen molar-refractivity contribution in [2.24, 2.45) is 0 Å². The van der Waals surface area contributed by atoms with E-state index >= 15 is 0 Å². The Kier molecular flexibility index (Phi) is 6.20. The predicted octanol–water partition coefficient (Wildman–Crippen LogP) is 3.28. The minimum absolute atomic E-state index is 0.235. The molecule has 0 saturated carbocycles. The number of amides is 1. The smallest absolute Gasteiger partial charge is 0.412 e. The first-order valence-corrected chi connectivity index (χ1v) is 7.04. The molecule has 6 nitrogen and oxygen atoms in total. The summed E-state index contributed by atoms with van der Waals surface area (Å²) >= 11 is 5.91. The monoisotopic (exact) mass is 329 g/mol. The van der Waals surface area contributed by atoms with Gasteiger partial charge in [-0.2, -0.15) is 0 Å². The van der Waals surface area contributed by atoms with Gasteiger partial charge in [0.1, 0.15) is 5.60 Å². The first kappa shape index (κ1) is 18.3. The summed E-state index contributed by atoms with van der Waals surface area (Å²) in [4.78, 5) is 23.1. The Balaban J connectivity index is 2.95. The Morgan fingerprint density at radius 3 is 2.55 bits per heavy atom. The third-order valence-corrected chi connectivity index (χ3v) is 2.83. The number of esters is 1. The van der Waals surface area contributed by atoms with Crippen LogP contribution in [0.15, 0.2) is 18.2 Å². The van der Waals surface area contributed by atoms with E-state index in [1.807, 2.05) is 0 Å². The largest absolute Gasteiger partial charge is 0.469 e. The molecule has 2 N–H and O–H groups in total. The number of halogens is 1. The fourth-order valence-corrected chi connectivity index (χ4v) is 1.86. The van der Waals surface area contributed by atoms with Crippen LogP contribution >= 0.6 is 11.6 Å². The quantitative estimate of drug-likeness (QED) is 0.828. The topological polar surface area (TPSA) is 84.9 Å². The van der Waals surface area contributed by atoms with Crippen molar-refractivity contribution in [3.8, 4) is 0 Å². The maximum absolute atomic E-state index is 11.8. The Hall–Kier alpha value is -1.79. The SMILES string of the molecule is COC(=O)CC(O)c1ccc(Cl)cc1NC(=O)OC(C)(C)C. The minimum Gasteiger partial charge on any atom is -0.469 e. The molecule has 0 saturated heterocycles. The van der Waals surface area contributed by atoms with Crippen molar-refractivity contribution in [1.82, 2.24) is 0 Å². The Morgan fingerprint density at radius 1 is 1.36 bits per heavy atom. The van der Waals surface area contributed by atoms with Crippen molar-refractivity contribution in [3.05, 3.63) is 28.8 Å². The van der Waals surface area contributed by atoms with E-state index in [-0.39, 0.29) is 12.1 Å². The standard InChI is InChI=1S/C15H20ClNO5/c1-15(2,3)22-14(20)17-11-7-9(16)5-6-10(11)12(18)8-13(19)21-4/h5-7,12,18H,8H2,1-4H3,(H,17,20). The van der Waals surface area contributed by atoms with E-state index in [0.717, 1.165) is 0 Å². The van der Waals surface area contributed by atoms with Crippen molar-refractivity contribution >= 4 is 29.4 Å². The van der Waals surface area contributed by atoms with Gasteiger partial charge in [0, 0.05) is 10.6 Å². The molecule has 0 bridgehead atoms. The van der Waals surface area contributed by atoms with Crippen LogP contribution in [-0.2, 0) is 14.3 Å². The molecule has 1 unspecified atom stereocenters. The zero-order valence-corrected chi connectivity index (χ0v) is 13.7. The number of carbonyl (C=O) groups excluding carboxylic acids is 2. The number of nitrogens with one attached hydrogen (secondary N) is 1. The highest BCUT2D eigenvalue weighted by atomic mass is 35.5. The van der Waals surface area contributed by atoms with Crippen LogP contribution in [0, 0.1) is 0 Å². The second-order valence-electron chi connectivity index (χ2n) is 5.65. The third-order valence-electron chi connectivity index (χ3n) is 2.60. The van der Waals surface area contributed by atoms with Gasteiger partial charge in [-0.25, -0.2) is 4.79 Å². The molecule has 1 aromatic rings. The second-order valence-corrected chi connectivity index (χ2v) is 6.09. The van der Waals surface area contributed by atoms with E-state index < -0.39 is 23.8 Å². The fraction of sp³-hybridized carbons (Fsp3) is 0.467. The summed E-state index contributed by atoms with van der Waals surface area (Å²) in [6, 6.07) is 4.56. The molecule has 0 spiro atoms. The summed E-state index contributed by atoms with van der Waals surface area (Å²) in [5, 5.41) is 13.0. The van der Waals surface area contributed by atoms with E-state index in [9.17, 15) is 14.7 Å². The van der Waals surface area contributed by atoms with E-state index in [2.05, 4.69) is 10.1 Å². The van der Waals surface area contributed by atoms with Gasteiger partial charge in [-0.05, 0) is 32.9 Å². The van der Waals surface area contributed by atoms with E-state index in [1.165, 1.54) is 19.2 Å². The number of aliphatic hydroxyl groups excluding tert-OH is 1. The number of anilines is 1. The number of aliphatic hydroxyl groups is 1. The average Bonchev–Trinajstić information content (AvgIpc) is 2.36. The summed E-state index contributed by atoms with van der Waals surface area (Å²) in [5.74, 6) is -0.564. The van der Waals surface area contributed by atoms with E-state index in [0.29, 0.717) is 10.6 Å². The molecule has 0 aliphatic rings. The number of hydrogen-bond acceptors (Lipinski definition) is 5. The van der Waals surface area contributed by atoms with Crippen LogP contribution in [-0.4, -0.2) is 29.9 Å². The Morgan fingerprint density at radius 2 is 2.00 bits per heavy atom. The summed E-state index contributed by atoms with van der Waals surface area (Å²) in [6.07, 6.45) is -2.04. The van der Waals surface area contributed by atoms with E-state index in [4.69, 9.17) is 16.3 Å². The highest BCUT2D eigenvalue weighted by molar-refractivity contribution is 6.31. The molecule has 0 fully saturated rings. The molecule has 0 radical (unpaired) electrons. The number of carbonyl (C=O) groups is 2. The van der Waals surface area contributed by atoms with Crippen LogP contribution in [0.1, 0.15) is 38.9 Å². The van der Waals surface area contributed by atoms with Crippen molar-refractivity contribution in [2.45, 2.75) is 38.9 Å². The van der Waals surface area contributed by atoms with Gasteiger partial charge in [-0.3, -0.25) is 10.1 Å². The third kappa shape index (κ3) is 5.91. The molecule has 0 aliphatic heterocycles. The molecule has 1 rings (SSSR count). The summed E-state index contributed by atoms with van der Waals surface area (Å²) < 4.78 is 9.67. The van der Waals surface area contributed by atoms with Gasteiger partial charge < -0.3 is 14.6 Å². The summed E-state index contributed by atoms with van der Waals surface area (Å²) in [6.45, 7) is 5.20. The van der Waals surface area contributed by atoms with Crippen LogP contribution in [0.5, 0.6) is 0 Å². The van der Waals surface area contributed by atoms with Crippen molar-refractivity contribution < 1.29 is 24.2 Å². The van der Waals surface area contributed by atoms with Crippen LogP contribution in [0.2, 0.25) is 5.02 Å². The van der Waals surface area contributed by atoms with E-state index in [1.54, 1.807) is 26.8 Å². The van der Waals surface area contributed by atoms with Crippen LogP contribution in [0.3, 0.4) is 0 Å². The summed E-state index contributed by atoms with van der Waals surface area (Å²) in [5.41, 5.74) is -0.0354. The zero-order valence-electron chi connectivity index (χ0n) is 13.0.